The standard InChI is InChI=1S/C16H15FN2O3/c17-11-4-1-5-12(10-11)18-15(20)13-6-2-8-19(13)16(21)14-7-3-9-22-14/h1,3-5,7,9-10,13H,2,6,8H2,(H,18,20). The van der Waals surface area contributed by atoms with E-state index in [0.717, 1.165) is 6.42 Å². The SMILES string of the molecule is O=C(Nc1cccc(F)c1)C1CCCN1C(=O)c1ccco1. The third-order valence-electron chi connectivity index (χ3n) is 3.64. The molecule has 1 aromatic heterocycles. The number of nitrogens with one attached hydrogen (secondary N) is 1. The van der Waals surface area contributed by atoms with Gasteiger partial charge in [0, 0.05) is 12.2 Å². The van der Waals surface area contributed by atoms with Gasteiger partial charge in [-0.2, -0.15) is 0 Å². The molecule has 1 atom stereocenters. The first-order chi connectivity index (χ1) is 10.6. The van der Waals surface area contributed by atoms with E-state index >= 15 is 0 Å². The Morgan fingerprint density at radius 1 is 1.27 bits per heavy atom. The van der Waals surface area contributed by atoms with E-state index in [1.807, 2.05) is 0 Å². The fourth-order valence-corrected chi connectivity index (χ4v) is 2.62. The molecular weight excluding hydrogens is 287 g/mol. The van der Waals surface area contributed by atoms with Crippen molar-refractivity contribution in [1.29, 1.82) is 0 Å². The first-order valence-electron chi connectivity index (χ1n) is 7.06. The molecule has 0 spiro atoms. The highest BCUT2D eigenvalue weighted by molar-refractivity contribution is 6.00. The van der Waals surface area contributed by atoms with Crippen molar-refractivity contribution in [3.63, 3.8) is 0 Å². The fraction of sp³-hybridized carbons (Fsp3) is 0.250. The summed E-state index contributed by atoms with van der Waals surface area (Å²) < 4.78 is 18.3. The van der Waals surface area contributed by atoms with Gasteiger partial charge < -0.3 is 14.6 Å². The van der Waals surface area contributed by atoms with Gasteiger partial charge in [0.25, 0.3) is 5.91 Å². The molecule has 5 nitrogen and oxygen atoms in total. The van der Waals surface area contributed by atoms with E-state index in [0.29, 0.717) is 18.7 Å². The smallest absolute Gasteiger partial charge is 0.290 e. The number of anilines is 1. The van der Waals surface area contributed by atoms with E-state index < -0.39 is 11.9 Å². The Morgan fingerprint density at radius 2 is 2.14 bits per heavy atom. The first-order valence-corrected chi connectivity index (χ1v) is 7.06. The quantitative estimate of drug-likeness (QED) is 0.948. The molecule has 1 aromatic carbocycles. The van der Waals surface area contributed by atoms with Crippen LogP contribution in [0, 0.1) is 5.82 Å². The van der Waals surface area contributed by atoms with Crippen LogP contribution in [0.1, 0.15) is 23.4 Å². The van der Waals surface area contributed by atoms with Gasteiger partial charge in [0.15, 0.2) is 5.76 Å². The van der Waals surface area contributed by atoms with E-state index in [2.05, 4.69) is 5.32 Å². The Bertz CT molecular complexity index is 684. The molecule has 2 amide bonds. The minimum atomic E-state index is -0.569. The average Bonchev–Trinajstić information content (AvgIpc) is 3.18. The molecule has 2 aromatic rings. The first kappa shape index (κ1) is 14.3. The lowest BCUT2D eigenvalue weighted by Gasteiger charge is -2.23. The lowest BCUT2D eigenvalue weighted by atomic mass is 10.2. The number of carbonyl (C=O) groups excluding carboxylic acids is 2. The van der Waals surface area contributed by atoms with Crippen LogP contribution in [0.25, 0.3) is 0 Å². The van der Waals surface area contributed by atoms with Gasteiger partial charge in [-0.15, -0.1) is 0 Å². The average molecular weight is 302 g/mol. The summed E-state index contributed by atoms with van der Waals surface area (Å²) in [7, 11) is 0. The van der Waals surface area contributed by atoms with Crippen molar-refractivity contribution in [3.05, 3.63) is 54.2 Å². The molecule has 0 saturated carbocycles. The number of benzene rings is 1. The maximum atomic E-state index is 13.2. The molecule has 1 saturated heterocycles. The second-order valence-electron chi connectivity index (χ2n) is 5.13. The number of carbonyl (C=O) groups is 2. The zero-order valence-electron chi connectivity index (χ0n) is 11.8. The zero-order chi connectivity index (χ0) is 15.5. The molecule has 114 valence electrons. The van der Waals surface area contributed by atoms with Crippen molar-refractivity contribution >= 4 is 17.5 Å². The Labute approximate surface area is 126 Å². The molecule has 1 fully saturated rings. The molecule has 1 N–H and O–H groups in total. The summed E-state index contributed by atoms with van der Waals surface area (Å²) in [5, 5.41) is 2.65. The molecule has 1 aliphatic rings. The van der Waals surface area contributed by atoms with Crippen LogP contribution < -0.4 is 5.32 Å². The molecule has 1 unspecified atom stereocenters. The van der Waals surface area contributed by atoms with Crippen molar-refractivity contribution in [2.45, 2.75) is 18.9 Å². The molecule has 0 bridgehead atoms. The minimum absolute atomic E-state index is 0.213. The molecule has 2 heterocycles. The summed E-state index contributed by atoms with van der Waals surface area (Å²) >= 11 is 0. The van der Waals surface area contributed by atoms with Gasteiger partial charge in [-0.05, 0) is 43.2 Å². The number of rotatable bonds is 3. The number of furan rings is 1. The molecule has 22 heavy (non-hydrogen) atoms. The highest BCUT2D eigenvalue weighted by atomic mass is 19.1. The van der Waals surface area contributed by atoms with Crippen LogP contribution >= 0.6 is 0 Å². The van der Waals surface area contributed by atoms with E-state index in [-0.39, 0.29) is 17.6 Å². The fourth-order valence-electron chi connectivity index (χ4n) is 2.62. The third kappa shape index (κ3) is 2.86. The molecular formula is C16H15FN2O3. The number of nitrogens with zero attached hydrogens (tertiary/aromatic N) is 1. The minimum Gasteiger partial charge on any atom is -0.459 e. The summed E-state index contributed by atoms with van der Waals surface area (Å²) in [6.45, 7) is 0.501. The highest BCUT2D eigenvalue weighted by Gasteiger charge is 2.35. The predicted octanol–water partition coefficient (Wildman–Crippen LogP) is 2.66. The van der Waals surface area contributed by atoms with Crippen LogP contribution in [0.15, 0.2) is 47.1 Å². The summed E-state index contributed by atoms with van der Waals surface area (Å²) in [6.07, 6.45) is 2.74. The monoisotopic (exact) mass is 302 g/mol. The summed E-state index contributed by atoms with van der Waals surface area (Å²) in [5.74, 6) is -0.830. The lowest BCUT2D eigenvalue weighted by molar-refractivity contribution is -0.119. The van der Waals surface area contributed by atoms with E-state index in [1.54, 1.807) is 18.2 Å². The van der Waals surface area contributed by atoms with Gasteiger partial charge >= 0.3 is 0 Å². The molecule has 6 heteroatoms. The molecule has 3 rings (SSSR count). The topological polar surface area (TPSA) is 62.6 Å². The summed E-state index contributed by atoms with van der Waals surface area (Å²) in [4.78, 5) is 26.2. The van der Waals surface area contributed by atoms with Crippen LogP contribution in [-0.4, -0.2) is 29.3 Å². The number of hydrogen-bond donors (Lipinski definition) is 1. The summed E-state index contributed by atoms with van der Waals surface area (Å²) in [5.41, 5.74) is 0.377. The molecule has 0 radical (unpaired) electrons. The van der Waals surface area contributed by atoms with Crippen LogP contribution in [-0.2, 0) is 4.79 Å². The number of amides is 2. The highest BCUT2D eigenvalue weighted by Crippen LogP contribution is 2.22. The van der Waals surface area contributed by atoms with Crippen molar-refractivity contribution in [2.24, 2.45) is 0 Å². The van der Waals surface area contributed by atoms with Gasteiger partial charge in [0.2, 0.25) is 5.91 Å². The second kappa shape index (κ2) is 6.01. The van der Waals surface area contributed by atoms with Crippen LogP contribution in [0.5, 0.6) is 0 Å². The Balaban J connectivity index is 1.72. The third-order valence-corrected chi connectivity index (χ3v) is 3.64. The van der Waals surface area contributed by atoms with Crippen LogP contribution in [0.4, 0.5) is 10.1 Å². The lowest BCUT2D eigenvalue weighted by Crippen LogP contribution is -2.43. The van der Waals surface area contributed by atoms with Crippen molar-refractivity contribution in [2.75, 3.05) is 11.9 Å². The normalized spacial score (nSPS) is 17.5. The van der Waals surface area contributed by atoms with Gasteiger partial charge in [-0.25, -0.2) is 4.39 Å². The van der Waals surface area contributed by atoms with E-state index in [1.165, 1.54) is 29.4 Å². The maximum absolute atomic E-state index is 13.2. The molecule has 1 aliphatic heterocycles. The Hall–Kier alpha value is -2.63. The largest absolute Gasteiger partial charge is 0.459 e. The van der Waals surface area contributed by atoms with Crippen molar-refractivity contribution in [1.82, 2.24) is 4.90 Å². The maximum Gasteiger partial charge on any atom is 0.290 e. The number of hydrogen-bond acceptors (Lipinski definition) is 3. The Morgan fingerprint density at radius 3 is 2.86 bits per heavy atom. The zero-order valence-corrected chi connectivity index (χ0v) is 11.8. The number of likely N-dealkylation sites (tertiary alicyclic amines) is 1. The van der Waals surface area contributed by atoms with E-state index in [4.69, 9.17) is 4.42 Å². The predicted molar refractivity (Wildman–Crippen MR) is 77.8 cm³/mol. The molecule has 0 aliphatic carbocycles. The number of halogens is 1. The van der Waals surface area contributed by atoms with Gasteiger partial charge in [-0.1, -0.05) is 6.07 Å². The van der Waals surface area contributed by atoms with E-state index in [9.17, 15) is 14.0 Å². The van der Waals surface area contributed by atoms with Crippen molar-refractivity contribution < 1.29 is 18.4 Å². The van der Waals surface area contributed by atoms with Crippen LogP contribution in [0.3, 0.4) is 0 Å². The summed E-state index contributed by atoms with van der Waals surface area (Å²) in [6, 6.07) is 8.30. The van der Waals surface area contributed by atoms with Crippen LogP contribution in [0.2, 0.25) is 0 Å². The second-order valence-corrected chi connectivity index (χ2v) is 5.13. The van der Waals surface area contributed by atoms with Crippen molar-refractivity contribution in [3.8, 4) is 0 Å². The van der Waals surface area contributed by atoms with Gasteiger partial charge in [-0.3, -0.25) is 9.59 Å². The van der Waals surface area contributed by atoms with Gasteiger partial charge in [0.05, 0.1) is 6.26 Å². The van der Waals surface area contributed by atoms with Gasteiger partial charge in [0.1, 0.15) is 11.9 Å². The Kier molecular flexibility index (Phi) is 3.91.